The van der Waals surface area contributed by atoms with Crippen LogP contribution in [0.1, 0.15) is 15.9 Å². The molecule has 4 nitrogen and oxygen atoms in total. The van der Waals surface area contributed by atoms with Crippen LogP contribution in [0.5, 0.6) is 0 Å². The van der Waals surface area contributed by atoms with E-state index in [4.69, 9.17) is 0 Å². The van der Waals surface area contributed by atoms with Gasteiger partial charge in [-0.15, -0.1) is 11.3 Å². The number of alkyl halides is 3. The molecule has 9 heteroatoms. The molecule has 0 bridgehead atoms. The van der Waals surface area contributed by atoms with Crippen molar-refractivity contribution in [2.75, 3.05) is 5.32 Å². The van der Waals surface area contributed by atoms with Crippen molar-refractivity contribution >= 4 is 54.1 Å². The summed E-state index contributed by atoms with van der Waals surface area (Å²) in [5.74, 6) is -0.634. The van der Waals surface area contributed by atoms with E-state index < -0.39 is 17.6 Å². The lowest BCUT2D eigenvalue weighted by Gasteiger charge is -2.08. The van der Waals surface area contributed by atoms with Gasteiger partial charge in [0.2, 0.25) is 0 Å². The van der Waals surface area contributed by atoms with Crippen LogP contribution < -0.4 is 5.32 Å². The van der Waals surface area contributed by atoms with Crippen molar-refractivity contribution in [3.8, 4) is 0 Å². The smallest absolute Gasteiger partial charge is 0.298 e. The Morgan fingerprint density at radius 1 is 1.08 bits per heavy atom. The molecule has 0 aliphatic carbocycles. The van der Waals surface area contributed by atoms with Crippen LogP contribution in [0.3, 0.4) is 0 Å². The number of nitrogens with zero attached hydrogens (tertiary/aromatic N) is 2. The predicted octanol–water partition coefficient (Wildman–Crippen LogP) is 5.18. The van der Waals surface area contributed by atoms with Gasteiger partial charge in [0.15, 0.2) is 5.13 Å². The summed E-state index contributed by atoms with van der Waals surface area (Å²) in [4.78, 5) is 20.8. The van der Waals surface area contributed by atoms with Gasteiger partial charge >= 0.3 is 6.18 Å². The molecule has 2 heterocycles. The lowest BCUT2D eigenvalue weighted by Crippen LogP contribution is -2.13. The molecule has 0 spiro atoms. The second kappa shape index (κ2) is 5.78. The van der Waals surface area contributed by atoms with Gasteiger partial charge in [0.1, 0.15) is 0 Å². The van der Waals surface area contributed by atoms with E-state index >= 15 is 0 Å². The fourth-order valence-corrected chi connectivity index (χ4v) is 4.26. The Balaban J connectivity index is 1.66. The van der Waals surface area contributed by atoms with E-state index in [1.54, 1.807) is 11.6 Å². The van der Waals surface area contributed by atoms with Crippen LogP contribution >= 0.6 is 22.7 Å². The maximum absolute atomic E-state index is 12.8. The van der Waals surface area contributed by atoms with E-state index in [1.165, 1.54) is 34.8 Å². The highest BCUT2D eigenvalue weighted by atomic mass is 32.1. The molecule has 1 N–H and O–H groups in total. The minimum Gasteiger partial charge on any atom is -0.298 e. The van der Waals surface area contributed by atoms with Crippen molar-refractivity contribution in [2.24, 2.45) is 0 Å². The number of hydrogen-bond donors (Lipinski definition) is 1. The van der Waals surface area contributed by atoms with E-state index in [1.807, 2.05) is 6.07 Å². The van der Waals surface area contributed by atoms with Crippen LogP contribution in [-0.4, -0.2) is 15.9 Å². The summed E-state index contributed by atoms with van der Waals surface area (Å²) in [6.45, 7) is 0. The van der Waals surface area contributed by atoms with Crippen LogP contribution in [0.25, 0.3) is 20.4 Å². The molecule has 0 aliphatic rings. The Labute approximate surface area is 147 Å². The minimum atomic E-state index is -4.50. The largest absolute Gasteiger partial charge is 0.416 e. The molecule has 126 valence electrons. The third kappa shape index (κ3) is 2.96. The summed E-state index contributed by atoms with van der Waals surface area (Å²) in [6, 6.07) is 7.93. The zero-order valence-electron chi connectivity index (χ0n) is 12.3. The molecule has 0 atom stereocenters. The SMILES string of the molecule is O=C(Nc1nc2ccc3ncsc3c2s1)c1cccc(C(F)(F)F)c1. The van der Waals surface area contributed by atoms with Gasteiger partial charge in [-0.3, -0.25) is 10.1 Å². The summed E-state index contributed by atoms with van der Waals surface area (Å²) in [6.07, 6.45) is -4.50. The van der Waals surface area contributed by atoms with Gasteiger partial charge in [-0.1, -0.05) is 17.4 Å². The number of amides is 1. The van der Waals surface area contributed by atoms with Gasteiger partial charge in [-0.25, -0.2) is 9.97 Å². The topological polar surface area (TPSA) is 54.9 Å². The number of carbonyl (C=O) groups is 1. The second-order valence-electron chi connectivity index (χ2n) is 5.17. The van der Waals surface area contributed by atoms with Crippen molar-refractivity contribution in [2.45, 2.75) is 6.18 Å². The fourth-order valence-electron chi connectivity index (χ4n) is 2.37. The highest BCUT2D eigenvalue weighted by Gasteiger charge is 2.31. The van der Waals surface area contributed by atoms with Crippen molar-refractivity contribution in [1.82, 2.24) is 9.97 Å². The summed E-state index contributed by atoms with van der Waals surface area (Å²) in [5, 5.41) is 2.90. The monoisotopic (exact) mass is 379 g/mol. The van der Waals surface area contributed by atoms with Gasteiger partial charge in [0, 0.05) is 5.56 Å². The molecule has 0 fully saturated rings. The molecule has 0 unspecified atom stereocenters. The first-order valence-corrected chi connectivity index (χ1v) is 8.73. The number of anilines is 1. The van der Waals surface area contributed by atoms with E-state index in [-0.39, 0.29) is 5.56 Å². The highest BCUT2D eigenvalue weighted by molar-refractivity contribution is 7.28. The number of benzene rings is 2. The Morgan fingerprint density at radius 2 is 1.88 bits per heavy atom. The average Bonchev–Trinajstić information content (AvgIpc) is 3.19. The number of halogens is 3. The van der Waals surface area contributed by atoms with Crippen LogP contribution in [0, 0.1) is 0 Å². The minimum absolute atomic E-state index is 0.0722. The molecule has 4 aromatic rings. The maximum atomic E-state index is 12.8. The van der Waals surface area contributed by atoms with E-state index in [9.17, 15) is 18.0 Å². The third-order valence-corrected chi connectivity index (χ3v) is 5.52. The molecular formula is C16H8F3N3OS2. The summed E-state index contributed by atoms with van der Waals surface area (Å²) >= 11 is 2.74. The average molecular weight is 379 g/mol. The summed E-state index contributed by atoms with van der Waals surface area (Å²) in [7, 11) is 0. The predicted molar refractivity (Wildman–Crippen MR) is 92.2 cm³/mol. The lowest BCUT2D eigenvalue weighted by molar-refractivity contribution is -0.137. The molecular weight excluding hydrogens is 371 g/mol. The van der Waals surface area contributed by atoms with Crippen molar-refractivity contribution in [3.05, 3.63) is 53.0 Å². The Bertz CT molecular complexity index is 1100. The van der Waals surface area contributed by atoms with Crippen LogP contribution in [-0.2, 0) is 6.18 Å². The zero-order chi connectivity index (χ0) is 17.6. The molecule has 2 aromatic heterocycles. The first kappa shape index (κ1) is 16.0. The molecule has 2 aromatic carbocycles. The first-order valence-electron chi connectivity index (χ1n) is 7.03. The molecule has 0 aliphatic heterocycles. The number of carbonyl (C=O) groups excluding carboxylic acids is 1. The number of thiazole rings is 2. The van der Waals surface area contributed by atoms with Crippen molar-refractivity contribution in [3.63, 3.8) is 0 Å². The Kier molecular flexibility index (Phi) is 3.69. The molecule has 4 rings (SSSR count). The molecule has 0 radical (unpaired) electrons. The normalized spacial score (nSPS) is 12.0. The van der Waals surface area contributed by atoms with Gasteiger partial charge in [-0.2, -0.15) is 13.2 Å². The number of fused-ring (bicyclic) bond motifs is 3. The number of aromatic nitrogens is 2. The molecule has 0 saturated heterocycles. The summed E-state index contributed by atoms with van der Waals surface area (Å²) < 4.78 is 40.2. The van der Waals surface area contributed by atoms with Crippen LogP contribution in [0.2, 0.25) is 0 Å². The molecule has 1 amide bonds. The standard InChI is InChI=1S/C16H8F3N3OS2/c17-16(18,19)9-3-1-2-8(6-9)14(23)22-15-21-11-5-4-10-12(13(11)25-15)24-7-20-10/h1-7H,(H,21,22,23). The van der Waals surface area contributed by atoms with E-state index in [2.05, 4.69) is 15.3 Å². The Morgan fingerprint density at radius 3 is 2.68 bits per heavy atom. The zero-order valence-corrected chi connectivity index (χ0v) is 13.9. The third-order valence-electron chi connectivity index (χ3n) is 3.53. The van der Waals surface area contributed by atoms with E-state index in [0.717, 1.165) is 27.0 Å². The van der Waals surface area contributed by atoms with Crippen LogP contribution in [0.4, 0.5) is 18.3 Å². The van der Waals surface area contributed by atoms with E-state index in [0.29, 0.717) is 10.6 Å². The Hall–Kier alpha value is -2.52. The quantitative estimate of drug-likeness (QED) is 0.522. The van der Waals surface area contributed by atoms with Gasteiger partial charge in [-0.05, 0) is 30.3 Å². The highest BCUT2D eigenvalue weighted by Crippen LogP contribution is 2.35. The van der Waals surface area contributed by atoms with Crippen molar-refractivity contribution < 1.29 is 18.0 Å². The summed E-state index contributed by atoms with van der Waals surface area (Å²) in [5.41, 5.74) is 2.34. The molecule has 25 heavy (non-hydrogen) atoms. The van der Waals surface area contributed by atoms with Crippen molar-refractivity contribution in [1.29, 1.82) is 0 Å². The maximum Gasteiger partial charge on any atom is 0.416 e. The number of nitrogens with one attached hydrogen (secondary N) is 1. The van der Waals surface area contributed by atoms with Gasteiger partial charge < -0.3 is 0 Å². The number of hydrogen-bond acceptors (Lipinski definition) is 5. The lowest BCUT2D eigenvalue weighted by atomic mass is 10.1. The van der Waals surface area contributed by atoms with Gasteiger partial charge in [0.05, 0.1) is 31.5 Å². The molecule has 0 saturated carbocycles. The first-order chi connectivity index (χ1) is 11.9. The van der Waals surface area contributed by atoms with Gasteiger partial charge in [0.25, 0.3) is 5.91 Å². The fraction of sp³-hybridized carbons (Fsp3) is 0.0625. The number of rotatable bonds is 2. The van der Waals surface area contributed by atoms with Crippen LogP contribution in [0.15, 0.2) is 41.9 Å². The second-order valence-corrected chi connectivity index (χ2v) is 7.02.